The Bertz CT molecular complexity index is 750. The summed E-state index contributed by atoms with van der Waals surface area (Å²) < 4.78 is 0. The summed E-state index contributed by atoms with van der Waals surface area (Å²) in [6.07, 6.45) is 4.62. The first-order valence-electron chi connectivity index (χ1n) is 9.22. The Labute approximate surface area is 166 Å². The quantitative estimate of drug-likeness (QED) is 0.389. The molecule has 2 aromatic rings. The fraction of sp³-hybridized carbons (Fsp3) is 0.556. The lowest BCUT2D eigenvalue weighted by atomic mass is 10.00. The van der Waals surface area contributed by atoms with Crippen LogP contribution in [0.4, 0.5) is 0 Å². The molecule has 0 radical (unpaired) electrons. The lowest BCUT2D eigenvalue weighted by Crippen LogP contribution is -2.40. The Morgan fingerprint density at radius 2 is 2.37 bits per heavy atom. The first-order valence-corrected chi connectivity index (χ1v) is 10.9. The number of aromatic nitrogens is 2. The van der Waals surface area contributed by atoms with Crippen LogP contribution in [0.2, 0.25) is 0 Å². The van der Waals surface area contributed by atoms with Crippen LogP contribution in [0, 0.1) is 5.92 Å². The molecule has 0 aromatic carbocycles. The number of hydrogen-bond acceptors (Lipinski definition) is 7. The number of nitrogens with zero attached hydrogens (tertiary/aromatic N) is 4. The molecule has 2 atom stereocenters. The Kier molecular flexibility index (Phi) is 6.92. The lowest BCUT2D eigenvalue weighted by Gasteiger charge is -2.28. The number of rotatable bonds is 9. The zero-order valence-corrected chi connectivity index (χ0v) is 16.9. The second kappa shape index (κ2) is 9.38. The first-order chi connectivity index (χ1) is 13.1. The van der Waals surface area contributed by atoms with E-state index in [0.717, 1.165) is 40.6 Å². The molecule has 1 aliphatic heterocycles. The number of thiophene rings is 1. The normalized spacial score (nSPS) is 17.9. The molecule has 0 spiro atoms. The van der Waals surface area contributed by atoms with Gasteiger partial charge in [-0.15, -0.1) is 21.5 Å². The number of unbranched alkanes of at least 4 members (excludes halogenated alkanes) is 1. The van der Waals surface area contributed by atoms with E-state index in [2.05, 4.69) is 17.1 Å². The second-order valence-corrected chi connectivity index (χ2v) is 8.64. The van der Waals surface area contributed by atoms with E-state index >= 15 is 0 Å². The maximum atomic E-state index is 13.2. The third-order valence-electron chi connectivity index (χ3n) is 4.78. The van der Waals surface area contributed by atoms with Crippen molar-refractivity contribution in [2.75, 3.05) is 13.1 Å². The van der Waals surface area contributed by atoms with Crippen LogP contribution in [0.15, 0.2) is 17.5 Å². The number of likely N-dealkylation sites (tertiary alicyclic amines) is 1. The molecule has 0 bridgehead atoms. The van der Waals surface area contributed by atoms with Crippen LogP contribution in [-0.2, 0) is 9.59 Å². The number of carbonyl (C=O) groups excluding carboxylic acids is 2. The largest absolute Gasteiger partial charge is 0.333 e. The van der Waals surface area contributed by atoms with Gasteiger partial charge in [-0.25, -0.2) is 5.06 Å². The van der Waals surface area contributed by atoms with Crippen LogP contribution in [0.25, 0.3) is 9.88 Å². The summed E-state index contributed by atoms with van der Waals surface area (Å²) in [5.41, 5.74) is 0. The van der Waals surface area contributed by atoms with Crippen molar-refractivity contribution < 1.29 is 14.8 Å². The van der Waals surface area contributed by atoms with Gasteiger partial charge >= 0.3 is 0 Å². The third-order valence-corrected chi connectivity index (χ3v) is 6.84. The SMILES string of the molecule is CCCC[C@H](CN(O)C=O)C(=O)N1CCC[C@H]1c1nnc(-c2cccs2)s1. The third kappa shape index (κ3) is 4.72. The van der Waals surface area contributed by atoms with E-state index in [9.17, 15) is 14.8 Å². The van der Waals surface area contributed by atoms with Gasteiger partial charge in [-0.3, -0.25) is 14.8 Å². The summed E-state index contributed by atoms with van der Waals surface area (Å²) >= 11 is 3.16. The van der Waals surface area contributed by atoms with Crippen LogP contribution in [0.3, 0.4) is 0 Å². The smallest absolute Gasteiger partial charge is 0.233 e. The molecule has 1 saturated heterocycles. The molecule has 0 saturated carbocycles. The van der Waals surface area contributed by atoms with Gasteiger partial charge in [0.15, 0.2) is 5.01 Å². The Hall–Kier alpha value is -1.84. The highest BCUT2D eigenvalue weighted by Crippen LogP contribution is 2.38. The summed E-state index contributed by atoms with van der Waals surface area (Å²) in [5, 5.41) is 22.6. The predicted molar refractivity (Wildman–Crippen MR) is 104 cm³/mol. The van der Waals surface area contributed by atoms with E-state index in [1.807, 2.05) is 22.4 Å². The molecule has 0 aliphatic carbocycles. The molecule has 3 heterocycles. The molecule has 146 valence electrons. The maximum Gasteiger partial charge on any atom is 0.233 e. The van der Waals surface area contributed by atoms with Gasteiger partial charge in [-0.05, 0) is 30.7 Å². The van der Waals surface area contributed by atoms with Crippen molar-refractivity contribution in [1.29, 1.82) is 0 Å². The number of hydroxylamine groups is 2. The van der Waals surface area contributed by atoms with Gasteiger partial charge in [0.2, 0.25) is 12.3 Å². The van der Waals surface area contributed by atoms with Crippen LogP contribution >= 0.6 is 22.7 Å². The van der Waals surface area contributed by atoms with Gasteiger partial charge in [0.1, 0.15) is 5.01 Å². The van der Waals surface area contributed by atoms with Crippen LogP contribution in [0.5, 0.6) is 0 Å². The fourth-order valence-corrected chi connectivity index (χ4v) is 5.19. The van der Waals surface area contributed by atoms with Gasteiger partial charge in [0.05, 0.1) is 23.4 Å². The molecule has 2 aromatic heterocycles. The predicted octanol–water partition coefficient (Wildman–Crippen LogP) is 3.58. The fourth-order valence-electron chi connectivity index (χ4n) is 3.40. The molecule has 9 heteroatoms. The highest BCUT2D eigenvalue weighted by Gasteiger charge is 2.36. The van der Waals surface area contributed by atoms with Crippen molar-refractivity contribution in [3.63, 3.8) is 0 Å². The van der Waals surface area contributed by atoms with E-state index < -0.39 is 5.92 Å². The highest BCUT2D eigenvalue weighted by atomic mass is 32.1. The second-order valence-electron chi connectivity index (χ2n) is 6.68. The minimum Gasteiger partial charge on any atom is -0.333 e. The van der Waals surface area contributed by atoms with Crippen molar-refractivity contribution in [3.05, 3.63) is 22.5 Å². The van der Waals surface area contributed by atoms with Crippen molar-refractivity contribution >= 4 is 35.0 Å². The Balaban J connectivity index is 1.75. The van der Waals surface area contributed by atoms with E-state index in [-0.39, 0.29) is 18.5 Å². The Morgan fingerprint density at radius 3 is 3.07 bits per heavy atom. The van der Waals surface area contributed by atoms with E-state index in [1.54, 1.807) is 11.3 Å². The van der Waals surface area contributed by atoms with Crippen LogP contribution in [-0.4, -0.2) is 50.8 Å². The monoisotopic (exact) mass is 408 g/mol. The van der Waals surface area contributed by atoms with Gasteiger partial charge < -0.3 is 4.90 Å². The minimum atomic E-state index is -0.398. The van der Waals surface area contributed by atoms with Gasteiger partial charge in [-0.2, -0.15) is 0 Å². The van der Waals surface area contributed by atoms with E-state index in [4.69, 9.17) is 0 Å². The van der Waals surface area contributed by atoms with Crippen molar-refractivity contribution in [2.45, 2.75) is 45.1 Å². The summed E-state index contributed by atoms with van der Waals surface area (Å²) in [7, 11) is 0. The summed E-state index contributed by atoms with van der Waals surface area (Å²) in [6.45, 7) is 2.76. The van der Waals surface area contributed by atoms with Crippen LogP contribution < -0.4 is 0 Å². The average molecular weight is 409 g/mol. The van der Waals surface area contributed by atoms with Gasteiger partial charge in [0.25, 0.3) is 0 Å². The minimum absolute atomic E-state index is 0.0141. The maximum absolute atomic E-state index is 13.2. The van der Waals surface area contributed by atoms with Gasteiger partial charge in [0, 0.05) is 6.54 Å². The molecule has 2 amide bonds. The van der Waals surface area contributed by atoms with Crippen LogP contribution in [0.1, 0.15) is 50.1 Å². The molecular weight excluding hydrogens is 384 g/mol. The van der Waals surface area contributed by atoms with E-state index in [1.165, 1.54) is 11.3 Å². The molecule has 7 nitrogen and oxygen atoms in total. The zero-order valence-electron chi connectivity index (χ0n) is 15.3. The van der Waals surface area contributed by atoms with Gasteiger partial charge in [-0.1, -0.05) is 37.2 Å². The van der Waals surface area contributed by atoms with Crippen molar-refractivity contribution in [3.8, 4) is 9.88 Å². The lowest BCUT2D eigenvalue weighted by molar-refractivity contribution is -0.157. The number of carbonyl (C=O) groups is 2. The molecule has 1 aliphatic rings. The zero-order chi connectivity index (χ0) is 19.2. The van der Waals surface area contributed by atoms with E-state index in [0.29, 0.717) is 24.4 Å². The first kappa shape index (κ1) is 19.9. The summed E-state index contributed by atoms with van der Waals surface area (Å²) in [4.78, 5) is 26.9. The number of hydrogen-bond donors (Lipinski definition) is 1. The average Bonchev–Trinajstić information content (AvgIpc) is 3.43. The molecule has 1 fully saturated rings. The molecule has 0 unspecified atom stereocenters. The standard InChI is InChI=1S/C18H24N4O3S2/c1-2-3-6-13(11-21(25)12-23)18(24)22-9-4-7-14(22)16-19-20-17(27-16)15-8-5-10-26-15/h5,8,10,12-14,25H,2-4,6-7,9,11H2,1H3/t13-,14+/m1/s1. The summed E-state index contributed by atoms with van der Waals surface area (Å²) in [5.74, 6) is -0.412. The Morgan fingerprint density at radius 1 is 1.52 bits per heavy atom. The van der Waals surface area contributed by atoms with Crippen molar-refractivity contribution in [2.24, 2.45) is 5.92 Å². The number of amides is 2. The molecule has 1 N–H and O–H groups in total. The molecular formula is C18H24N4O3S2. The summed E-state index contributed by atoms with van der Waals surface area (Å²) in [6, 6.07) is 3.93. The molecule has 3 rings (SSSR count). The molecule has 27 heavy (non-hydrogen) atoms. The highest BCUT2D eigenvalue weighted by molar-refractivity contribution is 7.20. The van der Waals surface area contributed by atoms with Crippen molar-refractivity contribution in [1.82, 2.24) is 20.2 Å². The topological polar surface area (TPSA) is 86.6 Å².